The first-order valence-corrected chi connectivity index (χ1v) is 12.7. The van der Waals surface area contributed by atoms with Gasteiger partial charge >= 0.3 is 11.9 Å². The van der Waals surface area contributed by atoms with Crippen molar-refractivity contribution < 1.29 is 34.2 Å². The maximum absolute atomic E-state index is 13.2. The normalized spacial score (nSPS) is 14.7. The zero-order valence-electron chi connectivity index (χ0n) is 22.2. The van der Waals surface area contributed by atoms with Crippen LogP contribution in [-0.2, 0) is 24.0 Å². The molecule has 0 aromatic rings. The minimum atomic E-state index is -1.45. The quantitative estimate of drug-likeness (QED) is 0.0456. The molecule has 0 saturated carbocycles. The van der Waals surface area contributed by atoms with Crippen LogP contribution in [0.15, 0.2) is 4.99 Å². The molecule has 0 aliphatic rings. The molecule has 13 N–H and O–H groups in total. The van der Waals surface area contributed by atoms with Crippen LogP contribution in [0.3, 0.4) is 0 Å². The summed E-state index contributed by atoms with van der Waals surface area (Å²) in [5.74, 6) is -5.15. The summed E-state index contributed by atoms with van der Waals surface area (Å²) in [6.07, 6.45) is 1.82. The van der Waals surface area contributed by atoms with Crippen LogP contribution in [0.25, 0.3) is 0 Å². The van der Waals surface area contributed by atoms with E-state index in [1.165, 1.54) is 0 Å². The van der Waals surface area contributed by atoms with Crippen LogP contribution in [0.5, 0.6) is 0 Å². The van der Waals surface area contributed by atoms with Crippen molar-refractivity contribution in [3.63, 3.8) is 0 Å². The third-order valence-corrected chi connectivity index (χ3v) is 5.94. The Labute approximate surface area is 222 Å². The van der Waals surface area contributed by atoms with E-state index in [0.717, 1.165) is 0 Å². The zero-order chi connectivity index (χ0) is 29.3. The van der Waals surface area contributed by atoms with Gasteiger partial charge in [-0.1, -0.05) is 26.7 Å². The van der Waals surface area contributed by atoms with Crippen molar-refractivity contribution in [2.75, 3.05) is 13.1 Å². The molecule has 0 spiro atoms. The highest BCUT2D eigenvalue weighted by Crippen LogP contribution is 2.11. The Morgan fingerprint density at radius 2 is 1.47 bits per heavy atom. The fourth-order valence-corrected chi connectivity index (χ4v) is 3.43. The molecule has 0 fully saturated rings. The lowest BCUT2D eigenvalue weighted by molar-refractivity contribution is -0.143. The molecule has 0 aromatic heterocycles. The van der Waals surface area contributed by atoms with Crippen molar-refractivity contribution in [3.8, 4) is 0 Å². The molecule has 0 heterocycles. The first-order chi connectivity index (χ1) is 17.8. The fourth-order valence-electron chi connectivity index (χ4n) is 3.43. The highest BCUT2D eigenvalue weighted by Gasteiger charge is 2.32. The van der Waals surface area contributed by atoms with E-state index in [1.807, 2.05) is 0 Å². The molecule has 0 rings (SSSR count). The Bertz CT molecular complexity index is 820. The second-order valence-corrected chi connectivity index (χ2v) is 9.10. The van der Waals surface area contributed by atoms with Gasteiger partial charge in [-0.3, -0.25) is 24.2 Å². The van der Waals surface area contributed by atoms with E-state index < -0.39 is 66.2 Å². The van der Waals surface area contributed by atoms with Crippen LogP contribution >= 0.6 is 0 Å². The Kier molecular flexibility index (Phi) is 17.0. The molecule has 0 aromatic carbocycles. The number of aliphatic carboxylic acids is 2. The molecular formula is C23H44N8O7. The summed E-state index contributed by atoms with van der Waals surface area (Å²) >= 11 is 0. The number of nitrogens with zero attached hydrogens (tertiary/aromatic N) is 1. The molecule has 0 saturated heterocycles. The van der Waals surface area contributed by atoms with Gasteiger partial charge in [-0.2, -0.15) is 0 Å². The van der Waals surface area contributed by atoms with Gasteiger partial charge < -0.3 is 49.1 Å². The SMILES string of the molecule is CCC(C)C(NC(=O)C(CCCN=C(N)N)NC(=O)C(N)CCCCN)C(=O)NC(CCC(=O)O)C(=O)O. The van der Waals surface area contributed by atoms with E-state index in [2.05, 4.69) is 20.9 Å². The van der Waals surface area contributed by atoms with Crippen LogP contribution < -0.4 is 38.9 Å². The lowest BCUT2D eigenvalue weighted by atomic mass is 9.96. The molecule has 218 valence electrons. The van der Waals surface area contributed by atoms with E-state index in [0.29, 0.717) is 38.6 Å². The number of carboxylic acid groups (broad SMARTS) is 2. The van der Waals surface area contributed by atoms with Crippen molar-refractivity contribution in [3.05, 3.63) is 0 Å². The van der Waals surface area contributed by atoms with Crippen LogP contribution in [0.2, 0.25) is 0 Å². The number of rotatable bonds is 20. The number of guanidine groups is 1. The van der Waals surface area contributed by atoms with Gasteiger partial charge in [0.15, 0.2) is 5.96 Å². The number of hydrogen-bond donors (Lipinski definition) is 9. The number of amides is 3. The van der Waals surface area contributed by atoms with Gasteiger partial charge in [-0.05, 0) is 44.6 Å². The van der Waals surface area contributed by atoms with E-state index in [9.17, 15) is 29.1 Å². The molecule has 0 aliphatic carbocycles. The van der Waals surface area contributed by atoms with Crippen LogP contribution in [0.1, 0.15) is 65.2 Å². The summed E-state index contributed by atoms with van der Waals surface area (Å²) in [7, 11) is 0. The average Bonchev–Trinajstić information content (AvgIpc) is 2.85. The largest absolute Gasteiger partial charge is 0.481 e. The number of nitrogens with one attached hydrogen (secondary N) is 3. The number of unbranched alkanes of at least 4 members (excludes halogenated alkanes) is 1. The second-order valence-electron chi connectivity index (χ2n) is 9.10. The average molecular weight is 545 g/mol. The van der Waals surface area contributed by atoms with Crippen molar-refractivity contribution in [2.45, 2.75) is 89.4 Å². The number of carbonyl (C=O) groups is 5. The Morgan fingerprint density at radius 1 is 0.842 bits per heavy atom. The van der Waals surface area contributed by atoms with Crippen molar-refractivity contribution in [1.82, 2.24) is 16.0 Å². The number of carbonyl (C=O) groups excluding carboxylic acids is 3. The molecule has 15 nitrogen and oxygen atoms in total. The standard InChI is InChI=1S/C23H44N8O7/c1-3-13(2)18(21(36)30-16(22(37)38)9-10-17(32)33)31-20(35)15(8-6-12-28-23(26)27)29-19(34)14(25)7-4-5-11-24/h13-16,18H,3-12,24-25H2,1-2H3,(H,29,34)(H,30,36)(H,31,35)(H,32,33)(H,37,38)(H4,26,27,28). The van der Waals surface area contributed by atoms with E-state index in [-0.39, 0.29) is 25.3 Å². The Hall–Kier alpha value is -3.46. The molecule has 5 unspecified atom stereocenters. The van der Waals surface area contributed by atoms with Gasteiger partial charge in [-0.25, -0.2) is 4.79 Å². The smallest absolute Gasteiger partial charge is 0.326 e. The van der Waals surface area contributed by atoms with Gasteiger partial charge in [0.25, 0.3) is 0 Å². The van der Waals surface area contributed by atoms with Crippen molar-refractivity contribution in [2.24, 2.45) is 33.8 Å². The van der Waals surface area contributed by atoms with Crippen LogP contribution in [0, 0.1) is 5.92 Å². The summed E-state index contributed by atoms with van der Waals surface area (Å²) in [6.45, 7) is 4.13. The molecule has 38 heavy (non-hydrogen) atoms. The number of carboxylic acids is 2. The summed E-state index contributed by atoms with van der Waals surface area (Å²) in [6, 6.07) is -4.54. The summed E-state index contributed by atoms with van der Waals surface area (Å²) < 4.78 is 0. The lowest BCUT2D eigenvalue weighted by Gasteiger charge is -2.28. The minimum Gasteiger partial charge on any atom is -0.481 e. The first kappa shape index (κ1) is 34.5. The minimum absolute atomic E-state index is 0.124. The molecule has 3 amide bonds. The third-order valence-electron chi connectivity index (χ3n) is 5.94. The molecule has 5 atom stereocenters. The van der Waals surface area contributed by atoms with E-state index >= 15 is 0 Å². The summed E-state index contributed by atoms with van der Waals surface area (Å²) in [5.41, 5.74) is 22.1. The molecular weight excluding hydrogens is 500 g/mol. The molecule has 0 radical (unpaired) electrons. The van der Waals surface area contributed by atoms with Gasteiger partial charge in [0.2, 0.25) is 17.7 Å². The Morgan fingerprint density at radius 3 is 2.00 bits per heavy atom. The predicted octanol–water partition coefficient (Wildman–Crippen LogP) is -2.05. The number of nitrogens with two attached hydrogens (primary N) is 4. The molecule has 15 heteroatoms. The second kappa shape index (κ2) is 18.7. The van der Waals surface area contributed by atoms with Crippen LogP contribution in [0.4, 0.5) is 0 Å². The maximum Gasteiger partial charge on any atom is 0.326 e. The van der Waals surface area contributed by atoms with Gasteiger partial charge in [0, 0.05) is 13.0 Å². The highest BCUT2D eigenvalue weighted by molar-refractivity contribution is 5.94. The first-order valence-electron chi connectivity index (χ1n) is 12.7. The number of aliphatic imine (C=N–C) groups is 1. The van der Waals surface area contributed by atoms with E-state index in [1.54, 1.807) is 13.8 Å². The van der Waals surface area contributed by atoms with Crippen LogP contribution in [-0.4, -0.2) is 83.1 Å². The Balaban J connectivity index is 5.62. The monoisotopic (exact) mass is 544 g/mol. The van der Waals surface area contributed by atoms with Crippen molar-refractivity contribution in [1.29, 1.82) is 0 Å². The molecule has 0 aliphatic heterocycles. The summed E-state index contributed by atoms with van der Waals surface area (Å²) in [4.78, 5) is 65.1. The van der Waals surface area contributed by atoms with Gasteiger partial charge in [0.1, 0.15) is 18.1 Å². The number of hydrogen-bond acceptors (Lipinski definition) is 8. The molecule has 0 bridgehead atoms. The fraction of sp³-hybridized carbons (Fsp3) is 0.739. The van der Waals surface area contributed by atoms with Crippen molar-refractivity contribution >= 4 is 35.6 Å². The highest BCUT2D eigenvalue weighted by atomic mass is 16.4. The summed E-state index contributed by atoms with van der Waals surface area (Å²) in [5, 5.41) is 25.8. The van der Waals surface area contributed by atoms with E-state index in [4.69, 9.17) is 28.0 Å². The zero-order valence-corrected chi connectivity index (χ0v) is 22.2. The third kappa shape index (κ3) is 14.3. The van der Waals surface area contributed by atoms with Gasteiger partial charge in [-0.15, -0.1) is 0 Å². The maximum atomic E-state index is 13.2. The lowest BCUT2D eigenvalue weighted by Crippen LogP contribution is -2.58. The predicted molar refractivity (Wildman–Crippen MR) is 141 cm³/mol. The van der Waals surface area contributed by atoms with Gasteiger partial charge in [0.05, 0.1) is 6.04 Å². The topological polar surface area (TPSA) is 278 Å².